The molecule has 0 bridgehead atoms. The molecule has 3 aromatic carbocycles. The fourth-order valence-corrected chi connectivity index (χ4v) is 10.6. The highest BCUT2D eigenvalue weighted by Gasteiger charge is 2.47. The number of hydrogen-bond acceptors (Lipinski definition) is 8. The Morgan fingerprint density at radius 1 is 0.612 bits per heavy atom. The molecular weight excluding hydrogens is 845 g/mol. The molecular formula is C53H72N8O6. The van der Waals surface area contributed by atoms with E-state index < -0.39 is 35.0 Å². The highest BCUT2D eigenvalue weighted by Crippen LogP contribution is 2.39. The van der Waals surface area contributed by atoms with E-state index in [1.54, 1.807) is 23.9 Å². The molecule has 2 aliphatic heterocycles. The molecule has 6 amide bonds. The number of amides is 6. The van der Waals surface area contributed by atoms with E-state index in [1.165, 1.54) is 11.1 Å². The lowest BCUT2D eigenvalue weighted by molar-refractivity contribution is -0.147. The van der Waals surface area contributed by atoms with Crippen LogP contribution in [0.4, 0.5) is 0 Å². The second kappa shape index (κ2) is 20.7. The molecule has 0 spiro atoms. The van der Waals surface area contributed by atoms with Crippen LogP contribution >= 0.6 is 0 Å². The number of nitrogens with one attached hydrogen (secondary N) is 6. The zero-order valence-corrected chi connectivity index (χ0v) is 40.7. The van der Waals surface area contributed by atoms with Crippen molar-refractivity contribution in [3.63, 3.8) is 0 Å². The van der Waals surface area contributed by atoms with Gasteiger partial charge in [0.1, 0.15) is 24.2 Å². The molecule has 0 radical (unpaired) electrons. The molecule has 7 rings (SSSR count). The molecule has 1 fully saturated rings. The molecule has 6 N–H and O–H groups in total. The first-order valence-corrected chi connectivity index (χ1v) is 24.2. The van der Waals surface area contributed by atoms with E-state index in [2.05, 4.69) is 62.2 Å². The average Bonchev–Trinajstić information content (AvgIpc) is 3.75. The van der Waals surface area contributed by atoms with Gasteiger partial charge < -0.3 is 41.7 Å². The second-order valence-electron chi connectivity index (χ2n) is 21.3. The van der Waals surface area contributed by atoms with Crippen molar-refractivity contribution in [2.45, 2.75) is 142 Å². The summed E-state index contributed by atoms with van der Waals surface area (Å²) in [7, 11) is 3.35. The molecule has 2 aliphatic carbocycles. The summed E-state index contributed by atoms with van der Waals surface area (Å²) in [5.41, 5.74) is 5.98. The largest absolute Gasteiger partial charge is 0.347 e. The predicted molar refractivity (Wildman–Crippen MR) is 258 cm³/mol. The Hall–Kier alpha value is -5.60. The molecule has 4 aliphatic rings. The van der Waals surface area contributed by atoms with Crippen LogP contribution in [0.5, 0.6) is 0 Å². The van der Waals surface area contributed by atoms with Crippen molar-refractivity contribution in [3.05, 3.63) is 106 Å². The SMILES string of the molecule is CNCC(=O)NC(C(=O)N1Cc2cc(C3C[C@@H](C(=O)NC4CCCc5ccccc54)N(C(=O)C(NC(=O)CNC)C(C)(C)C)C3)ccc2C[C@H]1C(=O)NC1CCCc2ccccc21)C(C)(C)C. The van der Waals surface area contributed by atoms with Gasteiger partial charge in [-0.1, -0.05) is 108 Å². The third-order valence-electron chi connectivity index (χ3n) is 14.2. The number of likely N-dealkylation sites (N-methyl/N-ethyl adjacent to an activating group) is 2. The number of benzene rings is 3. The lowest BCUT2D eigenvalue weighted by atomic mass is 9.83. The van der Waals surface area contributed by atoms with Crippen molar-refractivity contribution in [2.75, 3.05) is 33.7 Å². The minimum absolute atomic E-state index is 0.0315. The van der Waals surface area contributed by atoms with E-state index in [0.29, 0.717) is 6.42 Å². The van der Waals surface area contributed by atoms with Gasteiger partial charge in [0.15, 0.2) is 0 Å². The highest BCUT2D eigenvalue weighted by atomic mass is 16.2. The molecule has 2 heterocycles. The van der Waals surface area contributed by atoms with Gasteiger partial charge >= 0.3 is 0 Å². The average molecular weight is 917 g/mol. The van der Waals surface area contributed by atoms with Crippen molar-refractivity contribution in [2.24, 2.45) is 10.8 Å². The number of carbonyl (C=O) groups is 6. The van der Waals surface area contributed by atoms with Crippen molar-refractivity contribution in [3.8, 4) is 0 Å². The quantitative estimate of drug-likeness (QED) is 0.145. The number of carbonyl (C=O) groups excluding carboxylic acids is 6. The van der Waals surface area contributed by atoms with Gasteiger partial charge in [0.05, 0.1) is 25.2 Å². The Bertz CT molecular complexity index is 2340. The van der Waals surface area contributed by atoms with Gasteiger partial charge in [-0.15, -0.1) is 0 Å². The second-order valence-corrected chi connectivity index (χ2v) is 21.3. The maximum Gasteiger partial charge on any atom is 0.246 e. The Morgan fingerprint density at radius 2 is 1.10 bits per heavy atom. The number of hydrogen-bond donors (Lipinski definition) is 6. The summed E-state index contributed by atoms with van der Waals surface area (Å²) in [6.07, 6.45) is 5.98. The number of aryl methyl sites for hydroxylation is 2. The van der Waals surface area contributed by atoms with Crippen LogP contribution in [0.2, 0.25) is 0 Å². The highest BCUT2D eigenvalue weighted by molar-refractivity contribution is 5.95. The maximum absolute atomic E-state index is 15.0. The zero-order chi connectivity index (χ0) is 48.2. The summed E-state index contributed by atoms with van der Waals surface area (Å²) in [6.45, 7) is 11.9. The monoisotopic (exact) mass is 917 g/mol. The van der Waals surface area contributed by atoms with Crippen LogP contribution in [-0.2, 0) is 54.6 Å². The zero-order valence-electron chi connectivity index (χ0n) is 40.7. The molecule has 14 nitrogen and oxygen atoms in total. The number of nitrogens with zero attached hydrogens (tertiary/aromatic N) is 2. The van der Waals surface area contributed by atoms with Crippen LogP contribution in [0, 0.1) is 10.8 Å². The standard InChI is InChI=1S/C53H72N8O6/c1-52(2,3)46(58-44(62)28-54-7)50(66)60-30-36-25-34(23-24-35(36)26-42(60)48(64)56-40-21-13-17-32-15-9-11-19-38(32)40)37-27-43(49(65)57-41-22-14-18-33-16-10-12-20-39(33)41)61(31-37)51(67)47(53(4,5)6)59-45(63)29-55-8/h9-12,15-16,19-20,23-25,37,40-43,46-47,54-55H,13-14,17-18,21-22,26-31H2,1-8H3,(H,56,64)(H,57,65)(H,58,62)(H,59,63)/t37?,40?,41?,42-,43-,46?,47?/m0/s1. The maximum atomic E-state index is 15.0. The summed E-state index contributed by atoms with van der Waals surface area (Å²) >= 11 is 0. The van der Waals surface area contributed by atoms with Gasteiger partial charge in [0.25, 0.3) is 0 Å². The lowest BCUT2D eigenvalue weighted by Crippen LogP contribution is -2.61. The van der Waals surface area contributed by atoms with E-state index in [9.17, 15) is 28.8 Å². The van der Waals surface area contributed by atoms with Crippen LogP contribution in [0.1, 0.15) is 131 Å². The molecule has 1 saturated heterocycles. The summed E-state index contributed by atoms with van der Waals surface area (Å²) in [5, 5.41) is 18.3. The third-order valence-corrected chi connectivity index (χ3v) is 14.2. The Morgan fingerprint density at radius 3 is 1.61 bits per heavy atom. The molecule has 3 aromatic rings. The van der Waals surface area contributed by atoms with Crippen LogP contribution in [-0.4, -0.2) is 103 Å². The smallest absolute Gasteiger partial charge is 0.246 e. The van der Waals surface area contributed by atoms with E-state index in [0.717, 1.165) is 66.3 Å². The first kappa shape index (κ1) is 49.3. The van der Waals surface area contributed by atoms with Gasteiger partial charge in [0.2, 0.25) is 35.4 Å². The summed E-state index contributed by atoms with van der Waals surface area (Å²) < 4.78 is 0. The van der Waals surface area contributed by atoms with E-state index in [-0.39, 0.29) is 86.0 Å². The normalized spacial score (nSPS) is 22.3. The summed E-state index contributed by atoms with van der Waals surface area (Å²) in [5.74, 6) is -2.02. The van der Waals surface area contributed by atoms with Crippen LogP contribution in [0.25, 0.3) is 0 Å². The van der Waals surface area contributed by atoms with Crippen molar-refractivity contribution < 1.29 is 28.8 Å². The van der Waals surface area contributed by atoms with Crippen molar-refractivity contribution in [1.82, 2.24) is 41.7 Å². The minimum atomic E-state index is -0.919. The van der Waals surface area contributed by atoms with Gasteiger partial charge in [-0.3, -0.25) is 28.8 Å². The summed E-state index contributed by atoms with van der Waals surface area (Å²) in [4.78, 5) is 88.4. The molecule has 5 unspecified atom stereocenters. The van der Waals surface area contributed by atoms with Crippen molar-refractivity contribution in [1.29, 1.82) is 0 Å². The molecule has 67 heavy (non-hydrogen) atoms. The molecule has 7 atom stereocenters. The van der Waals surface area contributed by atoms with Crippen LogP contribution < -0.4 is 31.9 Å². The fourth-order valence-electron chi connectivity index (χ4n) is 10.6. The first-order chi connectivity index (χ1) is 31.9. The Balaban J connectivity index is 1.21. The topological polar surface area (TPSA) is 181 Å². The van der Waals surface area contributed by atoms with Crippen LogP contribution in [0.15, 0.2) is 66.7 Å². The number of fused-ring (bicyclic) bond motifs is 3. The predicted octanol–water partition coefficient (Wildman–Crippen LogP) is 4.51. The summed E-state index contributed by atoms with van der Waals surface area (Å²) in [6, 6.07) is 18.6. The third kappa shape index (κ3) is 11.2. The van der Waals surface area contributed by atoms with E-state index >= 15 is 0 Å². The number of likely N-dealkylation sites (tertiary alicyclic amines) is 1. The molecule has 0 saturated carbocycles. The molecule has 14 heteroatoms. The first-order valence-electron chi connectivity index (χ1n) is 24.2. The Kier molecular flexibility index (Phi) is 15.3. The lowest BCUT2D eigenvalue weighted by Gasteiger charge is -2.41. The van der Waals surface area contributed by atoms with Gasteiger partial charge in [-0.2, -0.15) is 0 Å². The van der Waals surface area contributed by atoms with Crippen LogP contribution in [0.3, 0.4) is 0 Å². The van der Waals surface area contributed by atoms with Gasteiger partial charge in [-0.25, -0.2) is 0 Å². The number of rotatable bonds is 13. The van der Waals surface area contributed by atoms with Crippen molar-refractivity contribution >= 4 is 35.4 Å². The minimum Gasteiger partial charge on any atom is -0.347 e. The van der Waals surface area contributed by atoms with Gasteiger partial charge in [0, 0.05) is 25.4 Å². The molecule has 0 aromatic heterocycles. The molecule has 360 valence electrons. The Labute approximate surface area is 396 Å². The van der Waals surface area contributed by atoms with E-state index in [1.807, 2.05) is 77.9 Å². The van der Waals surface area contributed by atoms with E-state index in [4.69, 9.17) is 0 Å². The van der Waals surface area contributed by atoms with Gasteiger partial charge in [-0.05, 0) is 109 Å². The fraction of sp³-hybridized carbons (Fsp3) is 0.547.